The van der Waals surface area contributed by atoms with Crippen LogP contribution in [0.15, 0.2) is 36.4 Å². The van der Waals surface area contributed by atoms with Gasteiger partial charge in [-0.1, -0.05) is 30.3 Å². The van der Waals surface area contributed by atoms with Gasteiger partial charge in [-0.3, -0.25) is 0 Å². The number of anilines is 1. The fourth-order valence-electron chi connectivity index (χ4n) is 4.47. The molecule has 0 saturated carbocycles. The molecular weight excluding hydrogens is 406 g/mol. The monoisotopic (exact) mass is 433 g/mol. The Morgan fingerprint density at radius 1 is 1.10 bits per heavy atom. The zero-order chi connectivity index (χ0) is 21.4. The first kappa shape index (κ1) is 20.2. The van der Waals surface area contributed by atoms with Crippen LogP contribution >= 0.6 is 11.3 Å². The van der Waals surface area contributed by atoms with Gasteiger partial charge in [-0.25, -0.2) is 4.68 Å². The Kier molecular flexibility index (Phi) is 5.46. The molecule has 0 bridgehead atoms. The maximum Gasteiger partial charge on any atom is 0.254 e. The molecule has 1 aromatic carbocycles. The minimum Gasteiger partial charge on any atom is -0.395 e. The minimum atomic E-state index is 0.0693. The largest absolute Gasteiger partial charge is 0.395 e. The lowest BCUT2D eigenvalue weighted by molar-refractivity contribution is 0.301. The van der Waals surface area contributed by atoms with Crippen molar-refractivity contribution in [2.45, 2.75) is 46.1 Å². The molecule has 31 heavy (non-hydrogen) atoms. The standard InChI is InChI=1S/C24H27N5OS/c1-16-14-17(2)29(27-16)24-25-22(28(12-13-30)15-18-8-4-3-5-9-18)21-19-10-6-7-11-20(19)31-23(21)26-24/h3-5,8-9,14,30H,6-7,10-13,15H2,1-2H3. The molecule has 0 saturated heterocycles. The molecule has 6 nitrogen and oxygen atoms in total. The van der Waals surface area contributed by atoms with Gasteiger partial charge in [0.1, 0.15) is 10.6 Å². The summed E-state index contributed by atoms with van der Waals surface area (Å²) < 4.78 is 1.83. The molecule has 160 valence electrons. The SMILES string of the molecule is Cc1cc(C)n(-c2nc(N(CCO)Cc3ccccc3)c3c4c(sc3n2)CCCC4)n1. The highest BCUT2D eigenvalue weighted by atomic mass is 32.1. The third-order valence-corrected chi connectivity index (χ3v) is 7.05. The first-order chi connectivity index (χ1) is 15.1. The second-order valence-electron chi connectivity index (χ2n) is 8.21. The molecule has 1 aliphatic rings. The van der Waals surface area contributed by atoms with E-state index < -0.39 is 0 Å². The molecule has 0 spiro atoms. The van der Waals surface area contributed by atoms with Gasteiger partial charge in [-0.15, -0.1) is 11.3 Å². The van der Waals surface area contributed by atoms with Crippen LogP contribution in [-0.4, -0.2) is 38.0 Å². The van der Waals surface area contributed by atoms with Crippen LogP contribution in [0.2, 0.25) is 0 Å². The van der Waals surface area contributed by atoms with E-state index in [1.54, 1.807) is 11.3 Å². The molecule has 3 aromatic heterocycles. The first-order valence-corrected chi connectivity index (χ1v) is 11.7. The van der Waals surface area contributed by atoms with Crippen LogP contribution in [0.3, 0.4) is 0 Å². The van der Waals surface area contributed by atoms with Crippen molar-refractivity contribution in [2.24, 2.45) is 0 Å². The molecule has 0 fully saturated rings. The highest BCUT2D eigenvalue weighted by Gasteiger charge is 2.25. The van der Waals surface area contributed by atoms with E-state index in [1.807, 2.05) is 30.7 Å². The van der Waals surface area contributed by atoms with Crippen molar-refractivity contribution < 1.29 is 5.11 Å². The van der Waals surface area contributed by atoms with Gasteiger partial charge in [-0.05, 0) is 56.7 Å². The number of aromatic nitrogens is 4. The van der Waals surface area contributed by atoms with Crippen LogP contribution in [0.5, 0.6) is 0 Å². The average molecular weight is 434 g/mol. The number of fused-ring (bicyclic) bond motifs is 3. The summed E-state index contributed by atoms with van der Waals surface area (Å²) in [6.07, 6.45) is 4.63. The fourth-order valence-corrected chi connectivity index (χ4v) is 5.72. The Morgan fingerprint density at radius 2 is 1.90 bits per heavy atom. The van der Waals surface area contributed by atoms with E-state index in [-0.39, 0.29) is 6.61 Å². The first-order valence-electron chi connectivity index (χ1n) is 10.9. The second kappa shape index (κ2) is 8.40. The highest BCUT2D eigenvalue weighted by Crippen LogP contribution is 2.40. The Bertz CT molecular complexity index is 1210. The van der Waals surface area contributed by atoms with Crippen molar-refractivity contribution in [1.82, 2.24) is 19.7 Å². The van der Waals surface area contributed by atoms with Gasteiger partial charge in [-0.2, -0.15) is 15.1 Å². The summed E-state index contributed by atoms with van der Waals surface area (Å²) in [7, 11) is 0. The third-order valence-electron chi connectivity index (χ3n) is 5.87. The molecule has 0 amide bonds. The summed E-state index contributed by atoms with van der Waals surface area (Å²) in [5.41, 5.74) is 4.56. The van der Waals surface area contributed by atoms with E-state index in [4.69, 9.17) is 9.97 Å². The number of hydrogen-bond acceptors (Lipinski definition) is 6. The molecule has 0 aliphatic heterocycles. The minimum absolute atomic E-state index is 0.0693. The lowest BCUT2D eigenvalue weighted by Gasteiger charge is -2.25. The lowest BCUT2D eigenvalue weighted by atomic mass is 9.97. The summed E-state index contributed by atoms with van der Waals surface area (Å²) in [4.78, 5) is 14.7. The van der Waals surface area contributed by atoms with Crippen molar-refractivity contribution in [2.75, 3.05) is 18.1 Å². The van der Waals surface area contributed by atoms with Gasteiger partial charge in [0.2, 0.25) is 0 Å². The average Bonchev–Trinajstić information content (AvgIpc) is 3.32. The molecule has 0 radical (unpaired) electrons. The number of rotatable bonds is 6. The predicted octanol–water partition coefficient (Wildman–Crippen LogP) is 4.37. The van der Waals surface area contributed by atoms with E-state index in [2.05, 4.69) is 34.3 Å². The summed E-state index contributed by atoms with van der Waals surface area (Å²) in [5, 5.41) is 15.7. The Hall–Kier alpha value is -2.77. The number of nitrogens with zero attached hydrogens (tertiary/aromatic N) is 5. The van der Waals surface area contributed by atoms with Gasteiger partial charge in [0, 0.05) is 23.7 Å². The smallest absolute Gasteiger partial charge is 0.254 e. The Balaban J connectivity index is 1.71. The van der Waals surface area contributed by atoms with Crippen molar-refractivity contribution in [3.8, 4) is 5.95 Å². The van der Waals surface area contributed by atoms with Crippen molar-refractivity contribution in [1.29, 1.82) is 0 Å². The molecule has 0 atom stereocenters. The summed E-state index contributed by atoms with van der Waals surface area (Å²) >= 11 is 1.80. The van der Waals surface area contributed by atoms with Crippen LogP contribution in [0.4, 0.5) is 5.82 Å². The molecule has 1 N–H and O–H groups in total. The van der Waals surface area contributed by atoms with Gasteiger partial charge in [0.25, 0.3) is 5.95 Å². The molecule has 4 aromatic rings. The molecule has 0 unspecified atom stereocenters. The molecule has 7 heteroatoms. The van der Waals surface area contributed by atoms with Gasteiger partial charge >= 0.3 is 0 Å². The van der Waals surface area contributed by atoms with Crippen LogP contribution in [0.25, 0.3) is 16.2 Å². The Labute approximate surface area is 186 Å². The van der Waals surface area contributed by atoms with Gasteiger partial charge in [0.05, 0.1) is 17.7 Å². The Morgan fingerprint density at radius 3 is 2.65 bits per heavy atom. The van der Waals surface area contributed by atoms with Crippen LogP contribution < -0.4 is 4.90 Å². The molecule has 5 rings (SSSR count). The van der Waals surface area contributed by atoms with Gasteiger partial charge in [0.15, 0.2) is 0 Å². The number of aliphatic hydroxyl groups is 1. The highest BCUT2D eigenvalue weighted by molar-refractivity contribution is 7.19. The van der Waals surface area contributed by atoms with Crippen molar-refractivity contribution in [3.05, 3.63) is 63.8 Å². The van der Waals surface area contributed by atoms with Crippen LogP contribution in [0.1, 0.15) is 40.2 Å². The van der Waals surface area contributed by atoms with Gasteiger partial charge < -0.3 is 10.0 Å². The van der Waals surface area contributed by atoms with Crippen molar-refractivity contribution >= 4 is 27.4 Å². The number of aryl methyl sites for hydroxylation is 4. The van der Waals surface area contributed by atoms with E-state index in [9.17, 15) is 5.11 Å². The number of hydrogen-bond donors (Lipinski definition) is 1. The number of aliphatic hydroxyl groups excluding tert-OH is 1. The van der Waals surface area contributed by atoms with Crippen LogP contribution in [-0.2, 0) is 19.4 Å². The summed E-state index contributed by atoms with van der Waals surface area (Å²) in [6.45, 7) is 5.29. The number of benzene rings is 1. The molecule has 3 heterocycles. The zero-order valence-electron chi connectivity index (χ0n) is 18.0. The molecular formula is C24H27N5OS. The maximum atomic E-state index is 9.87. The predicted molar refractivity (Wildman–Crippen MR) is 125 cm³/mol. The quantitative estimate of drug-likeness (QED) is 0.489. The number of thiophene rings is 1. The normalized spacial score (nSPS) is 13.5. The topological polar surface area (TPSA) is 67.1 Å². The molecule has 1 aliphatic carbocycles. The van der Waals surface area contributed by atoms with Crippen molar-refractivity contribution in [3.63, 3.8) is 0 Å². The third kappa shape index (κ3) is 3.83. The van der Waals surface area contributed by atoms with E-state index in [0.29, 0.717) is 19.0 Å². The van der Waals surface area contributed by atoms with E-state index in [0.717, 1.165) is 40.3 Å². The lowest BCUT2D eigenvalue weighted by Crippen LogP contribution is -2.28. The summed E-state index contributed by atoms with van der Waals surface area (Å²) in [5.74, 6) is 1.51. The fraction of sp³-hybridized carbons (Fsp3) is 0.375. The second-order valence-corrected chi connectivity index (χ2v) is 9.29. The summed E-state index contributed by atoms with van der Waals surface area (Å²) in [6, 6.07) is 12.4. The van der Waals surface area contributed by atoms with E-state index >= 15 is 0 Å². The zero-order valence-corrected chi connectivity index (χ0v) is 18.8. The van der Waals surface area contributed by atoms with E-state index in [1.165, 1.54) is 28.8 Å². The van der Waals surface area contributed by atoms with Crippen LogP contribution in [0, 0.1) is 13.8 Å². The maximum absolute atomic E-state index is 9.87.